The van der Waals surface area contributed by atoms with E-state index in [1.807, 2.05) is 0 Å². The molecule has 0 amide bonds. The van der Waals surface area contributed by atoms with Crippen LogP contribution >= 0.6 is 0 Å². The van der Waals surface area contributed by atoms with E-state index in [-0.39, 0.29) is 11.0 Å². The van der Waals surface area contributed by atoms with E-state index in [1.165, 1.54) is 38.5 Å². The number of hydrogen-bond donors (Lipinski definition) is 1. The molecule has 0 radical (unpaired) electrons. The van der Waals surface area contributed by atoms with Gasteiger partial charge in [-0.3, -0.25) is 0 Å². The molecule has 4 nitrogen and oxygen atoms in total. The molecule has 0 aliphatic heterocycles. The highest BCUT2D eigenvalue weighted by molar-refractivity contribution is 5.23. The van der Waals surface area contributed by atoms with Crippen molar-refractivity contribution in [2.24, 2.45) is 22.5 Å². The quantitative estimate of drug-likeness (QED) is 0.906. The molecular formula is C17H25N3O. The van der Waals surface area contributed by atoms with Gasteiger partial charge in [-0.15, -0.1) is 0 Å². The Balaban J connectivity index is 1.57. The molecule has 114 valence electrons. The molecule has 2 N–H and O–H groups in total. The van der Waals surface area contributed by atoms with Crippen molar-refractivity contribution in [1.82, 2.24) is 10.1 Å². The number of rotatable bonds is 2. The average molecular weight is 287 g/mol. The highest BCUT2D eigenvalue weighted by Crippen LogP contribution is 2.69. The molecule has 4 heteroatoms. The molecule has 2 atom stereocenters. The van der Waals surface area contributed by atoms with Gasteiger partial charge in [-0.2, -0.15) is 4.98 Å². The lowest BCUT2D eigenvalue weighted by atomic mass is 9.40. The highest BCUT2D eigenvalue weighted by atomic mass is 16.5. The van der Waals surface area contributed by atoms with E-state index in [9.17, 15) is 0 Å². The van der Waals surface area contributed by atoms with Gasteiger partial charge in [0, 0.05) is 5.41 Å². The topological polar surface area (TPSA) is 64.9 Å². The molecule has 5 saturated carbocycles. The predicted octanol–water partition coefficient (Wildman–Crippen LogP) is 3.27. The SMILES string of the molecule is CC12CC3CC(C)(C1)CC(c1noc(C4(N)CC4)n1)(C3)C2. The maximum atomic E-state index is 6.23. The van der Waals surface area contributed by atoms with Gasteiger partial charge in [0.15, 0.2) is 5.82 Å². The van der Waals surface area contributed by atoms with Crippen LogP contribution in [0.25, 0.3) is 0 Å². The third kappa shape index (κ3) is 1.65. The lowest BCUT2D eigenvalue weighted by molar-refractivity contribution is -0.113. The summed E-state index contributed by atoms with van der Waals surface area (Å²) in [6, 6.07) is 0. The van der Waals surface area contributed by atoms with Crippen molar-refractivity contribution in [2.75, 3.05) is 0 Å². The fraction of sp³-hybridized carbons (Fsp3) is 0.882. The predicted molar refractivity (Wildman–Crippen MR) is 78.5 cm³/mol. The monoisotopic (exact) mass is 287 g/mol. The molecule has 0 aromatic carbocycles. The van der Waals surface area contributed by atoms with Gasteiger partial charge in [-0.05, 0) is 68.1 Å². The van der Waals surface area contributed by atoms with E-state index in [2.05, 4.69) is 19.0 Å². The van der Waals surface area contributed by atoms with Crippen LogP contribution in [0.4, 0.5) is 0 Å². The summed E-state index contributed by atoms with van der Waals surface area (Å²) in [4.78, 5) is 4.79. The van der Waals surface area contributed by atoms with Crippen LogP contribution < -0.4 is 5.73 Å². The smallest absolute Gasteiger partial charge is 0.246 e. The summed E-state index contributed by atoms with van der Waals surface area (Å²) in [7, 11) is 0. The lowest BCUT2D eigenvalue weighted by Crippen LogP contribution is -2.57. The van der Waals surface area contributed by atoms with E-state index >= 15 is 0 Å². The molecule has 5 aliphatic rings. The van der Waals surface area contributed by atoms with Gasteiger partial charge in [-0.25, -0.2) is 0 Å². The van der Waals surface area contributed by atoms with Crippen molar-refractivity contribution in [3.05, 3.63) is 11.7 Å². The van der Waals surface area contributed by atoms with Gasteiger partial charge in [0.1, 0.15) is 0 Å². The van der Waals surface area contributed by atoms with Crippen LogP contribution in [0.3, 0.4) is 0 Å². The van der Waals surface area contributed by atoms with Gasteiger partial charge >= 0.3 is 0 Å². The van der Waals surface area contributed by atoms with Crippen LogP contribution in [0, 0.1) is 16.7 Å². The fourth-order valence-electron chi connectivity index (χ4n) is 6.69. The molecule has 1 aromatic rings. The zero-order chi connectivity index (χ0) is 14.5. The summed E-state index contributed by atoms with van der Waals surface area (Å²) in [5.41, 5.74) is 7.05. The Hall–Kier alpha value is -0.900. The summed E-state index contributed by atoms with van der Waals surface area (Å²) in [6.45, 7) is 4.97. The minimum atomic E-state index is -0.304. The number of nitrogens with zero attached hydrogens (tertiary/aromatic N) is 2. The van der Waals surface area contributed by atoms with Crippen LogP contribution in [-0.2, 0) is 11.0 Å². The maximum absolute atomic E-state index is 6.23. The minimum Gasteiger partial charge on any atom is -0.337 e. The van der Waals surface area contributed by atoms with Crippen LogP contribution in [0.1, 0.15) is 76.9 Å². The molecule has 2 unspecified atom stereocenters. The third-order valence-corrected chi connectivity index (χ3v) is 6.74. The zero-order valence-electron chi connectivity index (χ0n) is 13.1. The normalized spacial score (nSPS) is 49.6. The summed E-state index contributed by atoms with van der Waals surface area (Å²) in [5.74, 6) is 2.50. The Labute approximate surface area is 125 Å². The number of hydrogen-bond acceptors (Lipinski definition) is 4. The van der Waals surface area contributed by atoms with Crippen molar-refractivity contribution >= 4 is 0 Å². The van der Waals surface area contributed by atoms with E-state index in [0.29, 0.717) is 16.7 Å². The standard InChI is InChI=1S/C17H25N3O/c1-14-5-11-6-15(2,8-14)10-16(7-11,9-14)12-19-13(21-20-12)17(18)3-4-17/h11H,3-10,18H2,1-2H3. The second kappa shape index (κ2) is 3.37. The van der Waals surface area contributed by atoms with E-state index in [0.717, 1.165) is 24.6 Å². The van der Waals surface area contributed by atoms with Crippen molar-refractivity contribution in [3.8, 4) is 0 Å². The van der Waals surface area contributed by atoms with E-state index in [4.69, 9.17) is 15.2 Å². The van der Waals surface area contributed by atoms with Crippen LogP contribution in [0.15, 0.2) is 4.52 Å². The molecule has 21 heavy (non-hydrogen) atoms. The minimum absolute atomic E-state index is 0.163. The lowest BCUT2D eigenvalue weighted by Gasteiger charge is -2.64. The Bertz CT molecular complexity index is 599. The van der Waals surface area contributed by atoms with E-state index < -0.39 is 0 Å². The molecule has 1 aromatic heterocycles. The number of nitrogens with two attached hydrogens (primary N) is 1. The second-order valence-corrected chi connectivity index (χ2v) is 9.49. The van der Waals surface area contributed by atoms with Gasteiger partial charge in [0.25, 0.3) is 0 Å². The number of aromatic nitrogens is 2. The summed E-state index contributed by atoms with van der Waals surface area (Å²) >= 11 is 0. The van der Waals surface area contributed by atoms with Crippen molar-refractivity contribution < 1.29 is 4.52 Å². The van der Waals surface area contributed by atoms with Crippen molar-refractivity contribution in [1.29, 1.82) is 0 Å². The summed E-state index contributed by atoms with van der Waals surface area (Å²) < 4.78 is 5.56. The van der Waals surface area contributed by atoms with Crippen LogP contribution in [0.5, 0.6) is 0 Å². The van der Waals surface area contributed by atoms with Crippen molar-refractivity contribution in [2.45, 2.75) is 76.2 Å². The maximum Gasteiger partial charge on any atom is 0.246 e. The Morgan fingerprint density at radius 1 is 1.05 bits per heavy atom. The van der Waals surface area contributed by atoms with Gasteiger partial charge in [0.2, 0.25) is 5.89 Å². The molecule has 1 heterocycles. The summed E-state index contributed by atoms with van der Waals surface area (Å²) in [6.07, 6.45) is 9.88. The van der Waals surface area contributed by atoms with Crippen molar-refractivity contribution in [3.63, 3.8) is 0 Å². The van der Waals surface area contributed by atoms with Gasteiger partial charge in [0.05, 0.1) is 5.54 Å². The molecule has 6 rings (SSSR count). The highest BCUT2D eigenvalue weighted by Gasteiger charge is 2.62. The second-order valence-electron chi connectivity index (χ2n) is 9.49. The Morgan fingerprint density at radius 3 is 2.29 bits per heavy atom. The first-order valence-corrected chi connectivity index (χ1v) is 8.46. The zero-order valence-corrected chi connectivity index (χ0v) is 13.1. The summed E-state index contributed by atoms with van der Waals surface area (Å²) in [5, 5.41) is 4.41. The molecule has 5 fully saturated rings. The van der Waals surface area contributed by atoms with Gasteiger partial charge < -0.3 is 10.3 Å². The molecule has 0 saturated heterocycles. The van der Waals surface area contributed by atoms with Gasteiger partial charge in [-0.1, -0.05) is 19.0 Å². The third-order valence-electron chi connectivity index (χ3n) is 6.74. The average Bonchev–Trinajstić information content (AvgIpc) is 2.87. The first kappa shape index (κ1) is 12.6. The van der Waals surface area contributed by atoms with E-state index in [1.54, 1.807) is 0 Å². The largest absolute Gasteiger partial charge is 0.337 e. The van der Waals surface area contributed by atoms with Crippen LogP contribution in [0.2, 0.25) is 0 Å². The molecular weight excluding hydrogens is 262 g/mol. The van der Waals surface area contributed by atoms with Crippen LogP contribution in [-0.4, -0.2) is 10.1 Å². The molecule has 0 spiro atoms. The first-order chi connectivity index (χ1) is 9.82. The molecule has 5 aliphatic carbocycles. The fourth-order valence-corrected chi connectivity index (χ4v) is 6.69. The molecule has 4 bridgehead atoms. The Morgan fingerprint density at radius 2 is 1.71 bits per heavy atom. The Kier molecular flexibility index (Phi) is 2.03. The first-order valence-electron chi connectivity index (χ1n) is 8.46.